The molecule has 0 aliphatic heterocycles. The van der Waals surface area contributed by atoms with E-state index in [-0.39, 0.29) is 23.8 Å². The Labute approximate surface area is 133 Å². The Morgan fingerprint density at radius 2 is 1.86 bits per heavy atom. The number of sulfonamides is 1. The van der Waals surface area contributed by atoms with Gasteiger partial charge in [-0.25, -0.2) is 13.1 Å². The first kappa shape index (κ1) is 18.1. The predicted octanol–water partition coefficient (Wildman–Crippen LogP) is 2.86. The van der Waals surface area contributed by atoms with Gasteiger partial charge in [-0.05, 0) is 42.5 Å². The number of halogens is 1. The van der Waals surface area contributed by atoms with Crippen LogP contribution in [0, 0.1) is 11.8 Å². The van der Waals surface area contributed by atoms with Crippen molar-refractivity contribution in [2.24, 2.45) is 11.8 Å². The SMILES string of the molecule is CC(C)CC(CNS(=O)(=O)c1ccc(Br)cc1)CC(=O)O. The van der Waals surface area contributed by atoms with Gasteiger partial charge in [-0.3, -0.25) is 4.79 Å². The fourth-order valence-electron chi connectivity index (χ4n) is 2.08. The zero-order chi connectivity index (χ0) is 16.0. The van der Waals surface area contributed by atoms with Crippen molar-refractivity contribution in [3.63, 3.8) is 0 Å². The molecule has 0 saturated heterocycles. The molecule has 1 aromatic carbocycles. The van der Waals surface area contributed by atoms with Gasteiger partial charge in [-0.15, -0.1) is 0 Å². The highest BCUT2D eigenvalue weighted by Crippen LogP contribution is 2.17. The third-order valence-corrected chi connectivity index (χ3v) is 4.92. The quantitative estimate of drug-likeness (QED) is 0.729. The van der Waals surface area contributed by atoms with Crippen LogP contribution in [0.1, 0.15) is 26.7 Å². The molecule has 0 aromatic heterocycles. The molecule has 2 N–H and O–H groups in total. The summed E-state index contributed by atoms with van der Waals surface area (Å²) in [6, 6.07) is 6.30. The molecule has 1 rings (SSSR count). The number of rotatable bonds is 8. The van der Waals surface area contributed by atoms with Gasteiger partial charge in [-0.1, -0.05) is 29.8 Å². The molecule has 0 aliphatic rings. The molecular formula is C14H20BrNO4S. The number of hydrogen-bond donors (Lipinski definition) is 2. The molecule has 5 nitrogen and oxygen atoms in total. The molecule has 0 aliphatic carbocycles. The zero-order valence-corrected chi connectivity index (χ0v) is 14.4. The summed E-state index contributed by atoms with van der Waals surface area (Å²) in [6.45, 7) is 4.10. The number of aliphatic carboxylic acids is 1. The van der Waals surface area contributed by atoms with Gasteiger partial charge >= 0.3 is 5.97 Å². The van der Waals surface area contributed by atoms with E-state index in [2.05, 4.69) is 20.7 Å². The van der Waals surface area contributed by atoms with Crippen molar-refractivity contribution >= 4 is 31.9 Å². The second-order valence-corrected chi connectivity index (χ2v) is 8.08. The van der Waals surface area contributed by atoms with Crippen LogP contribution in [0.15, 0.2) is 33.6 Å². The Hall–Kier alpha value is -0.920. The van der Waals surface area contributed by atoms with Crippen LogP contribution in [0.5, 0.6) is 0 Å². The summed E-state index contributed by atoms with van der Waals surface area (Å²) in [4.78, 5) is 11.0. The average Bonchev–Trinajstić information content (AvgIpc) is 2.35. The standard InChI is InChI=1S/C14H20BrNO4S/c1-10(2)7-11(8-14(17)18)9-16-21(19,20)13-5-3-12(15)4-6-13/h3-6,10-11,16H,7-9H2,1-2H3,(H,17,18). The van der Waals surface area contributed by atoms with Gasteiger partial charge in [0.25, 0.3) is 0 Å². The summed E-state index contributed by atoms with van der Waals surface area (Å²) in [5.41, 5.74) is 0. The van der Waals surface area contributed by atoms with Crippen LogP contribution in [0.3, 0.4) is 0 Å². The number of benzene rings is 1. The van der Waals surface area contributed by atoms with Crippen molar-refractivity contribution < 1.29 is 18.3 Å². The third-order valence-electron chi connectivity index (χ3n) is 2.95. The molecule has 1 unspecified atom stereocenters. The minimum Gasteiger partial charge on any atom is -0.481 e. The number of carboxylic acids is 1. The van der Waals surface area contributed by atoms with Crippen LogP contribution in [0.4, 0.5) is 0 Å². The fourth-order valence-corrected chi connectivity index (χ4v) is 3.46. The number of carbonyl (C=O) groups is 1. The van der Waals surface area contributed by atoms with Gasteiger partial charge < -0.3 is 5.11 Å². The lowest BCUT2D eigenvalue weighted by atomic mass is 9.94. The number of nitrogens with one attached hydrogen (secondary N) is 1. The monoisotopic (exact) mass is 377 g/mol. The van der Waals surface area contributed by atoms with Crippen molar-refractivity contribution in [2.75, 3.05) is 6.54 Å². The van der Waals surface area contributed by atoms with Crippen LogP contribution in [0.25, 0.3) is 0 Å². The maximum Gasteiger partial charge on any atom is 0.303 e. The molecule has 0 fully saturated rings. The van der Waals surface area contributed by atoms with Crippen LogP contribution < -0.4 is 4.72 Å². The van der Waals surface area contributed by atoms with E-state index < -0.39 is 16.0 Å². The van der Waals surface area contributed by atoms with E-state index in [0.717, 1.165) is 4.47 Å². The molecule has 7 heteroatoms. The summed E-state index contributed by atoms with van der Waals surface area (Å²) < 4.78 is 27.6. The Kier molecular flexibility index (Phi) is 6.83. The second kappa shape index (κ2) is 7.91. The first-order chi connectivity index (χ1) is 9.70. The van der Waals surface area contributed by atoms with Crippen LogP contribution >= 0.6 is 15.9 Å². The Bertz CT molecular complexity index is 569. The van der Waals surface area contributed by atoms with Crippen molar-refractivity contribution in [3.05, 3.63) is 28.7 Å². The molecule has 0 saturated carbocycles. The summed E-state index contributed by atoms with van der Waals surface area (Å²) in [5, 5.41) is 8.89. The summed E-state index contributed by atoms with van der Waals surface area (Å²) in [6.07, 6.45) is 0.621. The van der Waals surface area contributed by atoms with Gasteiger partial charge in [0.05, 0.1) is 4.90 Å². The first-order valence-electron chi connectivity index (χ1n) is 6.67. The van der Waals surface area contributed by atoms with E-state index in [9.17, 15) is 13.2 Å². The molecule has 1 aromatic rings. The molecule has 0 heterocycles. The molecule has 118 valence electrons. The summed E-state index contributed by atoms with van der Waals surface area (Å²) in [5.74, 6) is -0.817. The molecule has 0 radical (unpaired) electrons. The van der Waals surface area contributed by atoms with Crippen molar-refractivity contribution in [2.45, 2.75) is 31.6 Å². The Morgan fingerprint density at radius 1 is 1.29 bits per heavy atom. The summed E-state index contributed by atoms with van der Waals surface area (Å²) in [7, 11) is -3.61. The topological polar surface area (TPSA) is 83.5 Å². The van der Waals surface area contributed by atoms with Gasteiger partial charge in [0.1, 0.15) is 0 Å². The Morgan fingerprint density at radius 3 is 2.33 bits per heavy atom. The third kappa shape index (κ3) is 6.58. The lowest BCUT2D eigenvalue weighted by Gasteiger charge is -2.17. The maximum absolute atomic E-state index is 12.1. The molecule has 21 heavy (non-hydrogen) atoms. The van der Waals surface area contributed by atoms with E-state index >= 15 is 0 Å². The largest absolute Gasteiger partial charge is 0.481 e. The van der Waals surface area contributed by atoms with Crippen molar-refractivity contribution in [1.29, 1.82) is 0 Å². The van der Waals surface area contributed by atoms with Crippen LogP contribution in [0.2, 0.25) is 0 Å². The van der Waals surface area contributed by atoms with Crippen molar-refractivity contribution in [1.82, 2.24) is 4.72 Å². The van der Waals surface area contributed by atoms with Gasteiger partial charge in [0.15, 0.2) is 0 Å². The highest BCUT2D eigenvalue weighted by Gasteiger charge is 2.19. The molecule has 0 spiro atoms. The predicted molar refractivity (Wildman–Crippen MR) is 84.5 cm³/mol. The van der Waals surface area contributed by atoms with E-state index in [1.165, 1.54) is 12.1 Å². The van der Waals surface area contributed by atoms with E-state index in [1.54, 1.807) is 12.1 Å². The Balaban J connectivity index is 2.73. The van der Waals surface area contributed by atoms with Crippen LogP contribution in [-0.2, 0) is 14.8 Å². The maximum atomic E-state index is 12.1. The average molecular weight is 378 g/mol. The molecular weight excluding hydrogens is 358 g/mol. The highest BCUT2D eigenvalue weighted by atomic mass is 79.9. The highest BCUT2D eigenvalue weighted by molar-refractivity contribution is 9.10. The lowest BCUT2D eigenvalue weighted by molar-refractivity contribution is -0.138. The number of hydrogen-bond acceptors (Lipinski definition) is 3. The molecule has 0 amide bonds. The van der Waals surface area contributed by atoms with E-state index in [1.807, 2.05) is 13.8 Å². The smallest absolute Gasteiger partial charge is 0.303 e. The van der Waals surface area contributed by atoms with E-state index in [4.69, 9.17) is 5.11 Å². The lowest BCUT2D eigenvalue weighted by Crippen LogP contribution is -2.31. The minimum absolute atomic E-state index is 0.0406. The second-order valence-electron chi connectivity index (χ2n) is 5.40. The molecule has 0 bridgehead atoms. The summed E-state index contributed by atoms with van der Waals surface area (Å²) >= 11 is 3.25. The number of carboxylic acid groups (broad SMARTS) is 1. The van der Waals surface area contributed by atoms with Gasteiger partial charge in [0.2, 0.25) is 10.0 Å². The van der Waals surface area contributed by atoms with Gasteiger partial charge in [-0.2, -0.15) is 0 Å². The minimum atomic E-state index is -3.61. The van der Waals surface area contributed by atoms with Gasteiger partial charge in [0, 0.05) is 17.4 Å². The molecule has 1 atom stereocenters. The normalized spacial score (nSPS) is 13.3. The van der Waals surface area contributed by atoms with Crippen LogP contribution in [-0.4, -0.2) is 26.0 Å². The fraction of sp³-hybridized carbons (Fsp3) is 0.500. The first-order valence-corrected chi connectivity index (χ1v) is 8.95. The van der Waals surface area contributed by atoms with Crippen molar-refractivity contribution in [3.8, 4) is 0 Å². The zero-order valence-electron chi connectivity index (χ0n) is 12.0. The van der Waals surface area contributed by atoms with E-state index in [0.29, 0.717) is 12.3 Å².